The van der Waals surface area contributed by atoms with Crippen LogP contribution in [0.5, 0.6) is 11.5 Å². The van der Waals surface area contributed by atoms with E-state index >= 15 is 0 Å². The molecular formula is C25H24N4O5. The molecule has 0 aliphatic carbocycles. The second-order valence-electron chi connectivity index (χ2n) is 6.97. The number of rotatable bonds is 9. The van der Waals surface area contributed by atoms with Crippen LogP contribution in [0.1, 0.15) is 11.1 Å². The third-order valence-corrected chi connectivity index (χ3v) is 4.53. The Labute approximate surface area is 196 Å². The van der Waals surface area contributed by atoms with Gasteiger partial charge in [0.15, 0.2) is 6.61 Å². The van der Waals surface area contributed by atoms with Gasteiger partial charge in [-0.2, -0.15) is 5.10 Å². The number of benzene rings is 3. The van der Waals surface area contributed by atoms with Crippen LogP contribution in [0.4, 0.5) is 5.69 Å². The summed E-state index contributed by atoms with van der Waals surface area (Å²) in [6.45, 7) is 0.213. The number of hydrogen-bond acceptors (Lipinski definition) is 6. The standard InChI is InChI=1S/C25H24N4O5/c1-33-21-13-11-20(12-14-21)28-24(31)25(32)29-27-16-19-9-5-6-10-22(19)34-17-23(30)26-15-18-7-3-2-4-8-18/h2-14,16H,15,17H2,1H3,(H,26,30)(H,28,31)(H,29,32)/b27-16-. The summed E-state index contributed by atoms with van der Waals surface area (Å²) < 4.78 is 10.6. The fourth-order valence-electron chi connectivity index (χ4n) is 2.78. The number of para-hydroxylation sites is 1. The van der Waals surface area contributed by atoms with E-state index in [2.05, 4.69) is 21.2 Å². The van der Waals surface area contributed by atoms with Gasteiger partial charge >= 0.3 is 11.8 Å². The molecule has 0 spiro atoms. The predicted octanol–water partition coefficient (Wildman–Crippen LogP) is 2.48. The number of hydrogen-bond donors (Lipinski definition) is 3. The molecule has 0 atom stereocenters. The Bertz CT molecular complexity index is 1150. The summed E-state index contributed by atoms with van der Waals surface area (Å²) in [5.74, 6) is -1.06. The molecular weight excluding hydrogens is 436 g/mol. The first-order valence-corrected chi connectivity index (χ1v) is 10.4. The Balaban J connectivity index is 1.48. The fourth-order valence-corrected chi connectivity index (χ4v) is 2.78. The van der Waals surface area contributed by atoms with Crippen LogP contribution in [-0.2, 0) is 20.9 Å². The molecule has 0 fully saturated rings. The second kappa shape index (κ2) is 12.4. The molecule has 0 aliphatic rings. The van der Waals surface area contributed by atoms with Crippen LogP contribution in [-0.4, -0.2) is 37.7 Å². The molecule has 3 amide bonds. The number of anilines is 1. The minimum absolute atomic E-state index is 0.186. The molecule has 0 radical (unpaired) electrons. The lowest BCUT2D eigenvalue weighted by Crippen LogP contribution is -2.32. The molecule has 3 N–H and O–H groups in total. The van der Waals surface area contributed by atoms with Gasteiger partial charge in [0.2, 0.25) is 0 Å². The van der Waals surface area contributed by atoms with Crippen LogP contribution in [0.2, 0.25) is 0 Å². The highest BCUT2D eigenvalue weighted by Crippen LogP contribution is 2.16. The number of methoxy groups -OCH3 is 1. The van der Waals surface area contributed by atoms with Crippen molar-refractivity contribution >= 4 is 29.6 Å². The van der Waals surface area contributed by atoms with E-state index in [9.17, 15) is 14.4 Å². The summed E-state index contributed by atoms with van der Waals surface area (Å²) in [6, 6.07) is 22.9. The number of hydrazone groups is 1. The maximum absolute atomic E-state index is 12.1. The lowest BCUT2D eigenvalue weighted by atomic mass is 10.2. The summed E-state index contributed by atoms with van der Waals surface area (Å²) in [5.41, 5.74) is 4.11. The van der Waals surface area contributed by atoms with Crippen LogP contribution < -0.4 is 25.5 Å². The van der Waals surface area contributed by atoms with E-state index in [0.29, 0.717) is 29.3 Å². The molecule has 0 saturated carbocycles. The van der Waals surface area contributed by atoms with Crippen molar-refractivity contribution in [2.75, 3.05) is 19.0 Å². The van der Waals surface area contributed by atoms with Crippen molar-refractivity contribution in [3.8, 4) is 11.5 Å². The molecule has 9 heteroatoms. The summed E-state index contributed by atoms with van der Waals surface area (Å²) in [4.78, 5) is 36.1. The topological polar surface area (TPSA) is 118 Å². The van der Waals surface area contributed by atoms with Gasteiger partial charge in [-0.05, 0) is 42.0 Å². The molecule has 3 aromatic carbocycles. The largest absolute Gasteiger partial charge is 0.497 e. The van der Waals surface area contributed by atoms with Gasteiger partial charge < -0.3 is 20.1 Å². The number of nitrogens with zero attached hydrogens (tertiary/aromatic N) is 1. The SMILES string of the molecule is COc1ccc(NC(=O)C(=O)N/N=C\c2ccccc2OCC(=O)NCc2ccccc2)cc1. The molecule has 0 saturated heterocycles. The average molecular weight is 460 g/mol. The lowest BCUT2D eigenvalue weighted by molar-refractivity contribution is -0.136. The van der Waals surface area contributed by atoms with Crippen molar-refractivity contribution < 1.29 is 23.9 Å². The van der Waals surface area contributed by atoms with Crippen molar-refractivity contribution in [2.24, 2.45) is 5.10 Å². The summed E-state index contributed by atoms with van der Waals surface area (Å²) >= 11 is 0. The lowest BCUT2D eigenvalue weighted by Gasteiger charge is -2.09. The summed E-state index contributed by atoms with van der Waals surface area (Å²) in [7, 11) is 1.53. The highest BCUT2D eigenvalue weighted by molar-refractivity contribution is 6.39. The van der Waals surface area contributed by atoms with Crippen LogP contribution >= 0.6 is 0 Å². The molecule has 3 aromatic rings. The van der Waals surface area contributed by atoms with Crippen LogP contribution in [0.15, 0.2) is 84.0 Å². The van der Waals surface area contributed by atoms with Crippen molar-refractivity contribution in [3.05, 3.63) is 90.0 Å². The van der Waals surface area contributed by atoms with Crippen molar-refractivity contribution in [1.82, 2.24) is 10.7 Å². The number of ether oxygens (including phenoxy) is 2. The van der Waals surface area contributed by atoms with Gasteiger partial charge in [0.05, 0.1) is 13.3 Å². The third kappa shape index (κ3) is 7.49. The zero-order valence-electron chi connectivity index (χ0n) is 18.5. The van der Waals surface area contributed by atoms with Gasteiger partial charge in [-0.3, -0.25) is 14.4 Å². The molecule has 0 unspecified atom stereocenters. The van der Waals surface area contributed by atoms with Gasteiger partial charge in [-0.25, -0.2) is 5.43 Å². The smallest absolute Gasteiger partial charge is 0.329 e. The van der Waals surface area contributed by atoms with E-state index in [1.54, 1.807) is 48.5 Å². The monoisotopic (exact) mass is 460 g/mol. The first-order valence-electron chi connectivity index (χ1n) is 10.4. The van der Waals surface area contributed by atoms with Gasteiger partial charge in [0.25, 0.3) is 5.91 Å². The molecule has 0 aromatic heterocycles. The highest BCUT2D eigenvalue weighted by atomic mass is 16.5. The second-order valence-corrected chi connectivity index (χ2v) is 6.97. The summed E-state index contributed by atoms with van der Waals surface area (Å²) in [5, 5.41) is 9.05. The number of amides is 3. The molecule has 174 valence electrons. The number of carbonyl (C=O) groups is 3. The van der Waals surface area contributed by atoms with Crippen molar-refractivity contribution in [2.45, 2.75) is 6.54 Å². The Morgan fingerprint density at radius 2 is 1.59 bits per heavy atom. The third-order valence-electron chi connectivity index (χ3n) is 4.53. The zero-order valence-corrected chi connectivity index (χ0v) is 18.5. The van der Waals surface area contributed by atoms with E-state index < -0.39 is 11.8 Å². The maximum atomic E-state index is 12.1. The van der Waals surface area contributed by atoms with E-state index in [1.807, 2.05) is 30.3 Å². The van der Waals surface area contributed by atoms with E-state index in [0.717, 1.165) is 5.56 Å². The molecule has 0 aliphatic heterocycles. The Kier molecular flexibility index (Phi) is 8.75. The Morgan fingerprint density at radius 3 is 2.32 bits per heavy atom. The zero-order chi connectivity index (χ0) is 24.2. The van der Waals surface area contributed by atoms with E-state index in [1.165, 1.54) is 13.3 Å². The van der Waals surface area contributed by atoms with Crippen LogP contribution in [0.3, 0.4) is 0 Å². The quantitative estimate of drug-likeness (QED) is 0.258. The first-order chi connectivity index (χ1) is 16.5. The van der Waals surface area contributed by atoms with E-state index in [-0.39, 0.29) is 12.5 Å². The number of carbonyl (C=O) groups excluding carboxylic acids is 3. The van der Waals surface area contributed by atoms with Gasteiger partial charge in [0, 0.05) is 17.8 Å². The fraction of sp³-hybridized carbons (Fsp3) is 0.120. The predicted molar refractivity (Wildman–Crippen MR) is 128 cm³/mol. The van der Waals surface area contributed by atoms with E-state index in [4.69, 9.17) is 9.47 Å². The molecule has 9 nitrogen and oxygen atoms in total. The normalized spacial score (nSPS) is 10.4. The molecule has 3 rings (SSSR count). The minimum Gasteiger partial charge on any atom is -0.497 e. The average Bonchev–Trinajstić information content (AvgIpc) is 2.87. The van der Waals surface area contributed by atoms with Crippen LogP contribution in [0.25, 0.3) is 0 Å². The van der Waals surface area contributed by atoms with Crippen LogP contribution in [0, 0.1) is 0 Å². The van der Waals surface area contributed by atoms with Gasteiger partial charge in [-0.15, -0.1) is 0 Å². The first kappa shape index (κ1) is 24.0. The van der Waals surface area contributed by atoms with Crippen molar-refractivity contribution in [1.29, 1.82) is 0 Å². The Morgan fingerprint density at radius 1 is 0.882 bits per heavy atom. The Hall–Kier alpha value is -4.66. The highest BCUT2D eigenvalue weighted by Gasteiger charge is 2.13. The summed E-state index contributed by atoms with van der Waals surface area (Å²) in [6.07, 6.45) is 1.33. The molecule has 0 heterocycles. The molecule has 0 bridgehead atoms. The van der Waals surface area contributed by atoms with Crippen molar-refractivity contribution in [3.63, 3.8) is 0 Å². The van der Waals surface area contributed by atoms with Gasteiger partial charge in [-0.1, -0.05) is 42.5 Å². The maximum Gasteiger partial charge on any atom is 0.329 e. The number of nitrogens with one attached hydrogen (secondary N) is 3. The molecule has 34 heavy (non-hydrogen) atoms. The van der Waals surface area contributed by atoms with Gasteiger partial charge in [0.1, 0.15) is 11.5 Å². The minimum atomic E-state index is -0.939.